The zero-order chi connectivity index (χ0) is 15.5. The van der Waals surface area contributed by atoms with Crippen LogP contribution in [0.4, 0.5) is 5.69 Å². The van der Waals surface area contributed by atoms with E-state index in [-0.39, 0.29) is 17.9 Å². The highest BCUT2D eigenvalue weighted by atomic mass is 32.2. The van der Waals surface area contributed by atoms with Gasteiger partial charge in [0.2, 0.25) is 10.0 Å². The molecule has 0 bridgehead atoms. The van der Waals surface area contributed by atoms with Gasteiger partial charge in [-0.05, 0) is 13.1 Å². The van der Waals surface area contributed by atoms with Crippen LogP contribution in [0, 0.1) is 0 Å². The average molecular weight is 309 g/mol. The lowest BCUT2D eigenvalue weighted by molar-refractivity contribution is 0.0697. The summed E-state index contributed by atoms with van der Waals surface area (Å²) in [6.07, 6.45) is 1.26. The summed E-state index contributed by atoms with van der Waals surface area (Å²) in [4.78, 5) is 15.4. The standard InChI is InChI=1S/C13H15N3O4S/c1-14-21(19,20)7-6-15-12-9-4-2-3-5-11(9)16-8-10(12)13(17)18/h2-5,8,14H,6-7H2,1H3,(H,15,16)(H,17,18). The number of carboxylic acids is 1. The van der Waals surface area contributed by atoms with Gasteiger partial charge in [0.25, 0.3) is 0 Å². The Hall–Kier alpha value is -2.19. The molecule has 0 saturated heterocycles. The number of nitrogens with one attached hydrogen (secondary N) is 2. The predicted molar refractivity (Wildman–Crippen MR) is 80.0 cm³/mol. The minimum Gasteiger partial charge on any atom is -0.478 e. The summed E-state index contributed by atoms with van der Waals surface area (Å²) in [5.74, 6) is -1.27. The molecule has 3 N–H and O–H groups in total. The second kappa shape index (κ2) is 6.06. The molecule has 112 valence electrons. The van der Waals surface area contributed by atoms with Gasteiger partial charge >= 0.3 is 5.97 Å². The molecule has 0 radical (unpaired) electrons. The van der Waals surface area contributed by atoms with Crippen LogP contribution in [0.1, 0.15) is 10.4 Å². The highest BCUT2D eigenvalue weighted by molar-refractivity contribution is 7.89. The van der Waals surface area contributed by atoms with Crippen LogP contribution in [-0.4, -0.2) is 43.8 Å². The van der Waals surface area contributed by atoms with Crippen LogP contribution in [0.25, 0.3) is 10.9 Å². The Balaban J connectivity index is 2.36. The number of hydrogen-bond acceptors (Lipinski definition) is 5. The van der Waals surface area contributed by atoms with Gasteiger partial charge in [-0.1, -0.05) is 18.2 Å². The third-order valence-corrected chi connectivity index (χ3v) is 4.35. The number of nitrogens with zero attached hydrogens (tertiary/aromatic N) is 1. The molecule has 0 spiro atoms. The van der Waals surface area contributed by atoms with Crippen molar-refractivity contribution in [1.82, 2.24) is 9.71 Å². The fourth-order valence-corrected chi connectivity index (χ4v) is 2.48. The quantitative estimate of drug-likeness (QED) is 0.731. The van der Waals surface area contributed by atoms with Gasteiger partial charge in [0.05, 0.1) is 17.0 Å². The molecule has 1 aromatic heterocycles. The summed E-state index contributed by atoms with van der Waals surface area (Å²) in [5, 5.41) is 12.7. The summed E-state index contributed by atoms with van der Waals surface area (Å²) in [5.41, 5.74) is 1.02. The number of pyridine rings is 1. The minimum atomic E-state index is -3.35. The smallest absolute Gasteiger partial charge is 0.339 e. The van der Waals surface area contributed by atoms with E-state index in [1.165, 1.54) is 13.2 Å². The first kappa shape index (κ1) is 15.2. The van der Waals surface area contributed by atoms with Gasteiger partial charge in [-0.3, -0.25) is 4.98 Å². The van der Waals surface area contributed by atoms with Crippen LogP contribution < -0.4 is 10.0 Å². The Morgan fingerprint density at radius 3 is 2.71 bits per heavy atom. The molecular formula is C13H15N3O4S. The van der Waals surface area contributed by atoms with Crippen molar-refractivity contribution in [2.45, 2.75) is 0 Å². The molecule has 2 aromatic rings. The minimum absolute atomic E-state index is 0.00977. The fraction of sp³-hybridized carbons (Fsp3) is 0.231. The largest absolute Gasteiger partial charge is 0.478 e. The number of fused-ring (bicyclic) bond motifs is 1. The van der Waals surface area contributed by atoms with Crippen molar-refractivity contribution in [1.29, 1.82) is 0 Å². The third kappa shape index (κ3) is 3.47. The first-order valence-corrected chi connectivity index (χ1v) is 7.86. The lowest BCUT2D eigenvalue weighted by atomic mass is 10.1. The van der Waals surface area contributed by atoms with Crippen molar-refractivity contribution in [3.63, 3.8) is 0 Å². The molecule has 0 unspecified atom stereocenters. The summed E-state index contributed by atoms with van der Waals surface area (Å²) in [6, 6.07) is 7.07. The molecule has 7 nitrogen and oxygen atoms in total. The van der Waals surface area contributed by atoms with Crippen LogP contribution in [0.5, 0.6) is 0 Å². The van der Waals surface area contributed by atoms with E-state index in [9.17, 15) is 18.3 Å². The van der Waals surface area contributed by atoms with Crippen molar-refractivity contribution < 1.29 is 18.3 Å². The van der Waals surface area contributed by atoms with Crippen molar-refractivity contribution in [3.8, 4) is 0 Å². The SMILES string of the molecule is CNS(=O)(=O)CCNc1c(C(=O)O)cnc2ccccc12. The fourth-order valence-electron chi connectivity index (χ4n) is 1.91. The van der Waals surface area contributed by atoms with Crippen LogP contribution in [0.2, 0.25) is 0 Å². The molecular weight excluding hydrogens is 294 g/mol. The van der Waals surface area contributed by atoms with Crippen LogP contribution >= 0.6 is 0 Å². The zero-order valence-electron chi connectivity index (χ0n) is 11.3. The van der Waals surface area contributed by atoms with Gasteiger partial charge in [-0.25, -0.2) is 17.9 Å². The molecule has 1 aromatic carbocycles. The van der Waals surface area contributed by atoms with E-state index in [4.69, 9.17) is 0 Å². The Morgan fingerprint density at radius 1 is 1.33 bits per heavy atom. The van der Waals surface area contributed by atoms with E-state index in [0.29, 0.717) is 16.6 Å². The number of para-hydroxylation sites is 1. The molecule has 21 heavy (non-hydrogen) atoms. The maximum atomic E-state index is 11.4. The van der Waals surface area contributed by atoms with Gasteiger partial charge in [-0.2, -0.15) is 0 Å². The van der Waals surface area contributed by atoms with Crippen molar-refractivity contribution in [2.75, 3.05) is 24.7 Å². The maximum absolute atomic E-state index is 11.4. The number of aromatic nitrogens is 1. The van der Waals surface area contributed by atoms with E-state index < -0.39 is 16.0 Å². The molecule has 8 heteroatoms. The van der Waals surface area contributed by atoms with Crippen molar-refractivity contribution >= 4 is 32.6 Å². The van der Waals surface area contributed by atoms with Gasteiger partial charge < -0.3 is 10.4 Å². The molecule has 0 atom stereocenters. The van der Waals surface area contributed by atoms with Gasteiger partial charge in [0.15, 0.2) is 0 Å². The lowest BCUT2D eigenvalue weighted by Crippen LogP contribution is -2.26. The molecule has 0 aliphatic carbocycles. The van der Waals surface area contributed by atoms with E-state index in [1.807, 2.05) is 0 Å². The Morgan fingerprint density at radius 2 is 2.05 bits per heavy atom. The Labute approximate surface area is 122 Å². The predicted octanol–water partition coefficient (Wildman–Crippen LogP) is 0.894. The van der Waals surface area contributed by atoms with E-state index in [2.05, 4.69) is 15.0 Å². The van der Waals surface area contributed by atoms with Crippen molar-refractivity contribution in [2.24, 2.45) is 0 Å². The number of rotatable bonds is 6. The van der Waals surface area contributed by atoms with Crippen LogP contribution in [-0.2, 0) is 10.0 Å². The highest BCUT2D eigenvalue weighted by Crippen LogP contribution is 2.25. The average Bonchev–Trinajstić information content (AvgIpc) is 2.47. The molecule has 0 fully saturated rings. The van der Waals surface area contributed by atoms with E-state index >= 15 is 0 Å². The van der Waals surface area contributed by atoms with Gasteiger partial charge in [0.1, 0.15) is 5.56 Å². The molecule has 0 saturated carbocycles. The van der Waals surface area contributed by atoms with E-state index in [0.717, 1.165) is 0 Å². The monoisotopic (exact) mass is 309 g/mol. The first-order chi connectivity index (χ1) is 9.94. The third-order valence-electron chi connectivity index (χ3n) is 2.99. The summed E-state index contributed by atoms with van der Waals surface area (Å²) in [7, 11) is -2.02. The number of aromatic carboxylic acids is 1. The second-order valence-corrected chi connectivity index (χ2v) is 6.36. The van der Waals surface area contributed by atoms with E-state index in [1.54, 1.807) is 24.3 Å². The van der Waals surface area contributed by atoms with Crippen molar-refractivity contribution in [3.05, 3.63) is 36.0 Å². The molecule has 0 aliphatic rings. The summed E-state index contributed by atoms with van der Waals surface area (Å²) >= 11 is 0. The number of anilines is 1. The normalized spacial score (nSPS) is 11.5. The maximum Gasteiger partial charge on any atom is 0.339 e. The second-order valence-electron chi connectivity index (χ2n) is 4.32. The first-order valence-electron chi connectivity index (χ1n) is 6.21. The van der Waals surface area contributed by atoms with Gasteiger partial charge in [0, 0.05) is 18.1 Å². The molecule has 1 heterocycles. The Bertz CT molecular complexity index is 774. The number of sulfonamides is 1. The van der Waals surface area contributed by atoms with Crippen LogP contribution in [0.15, 0.2) is 30.5 Å². The number of carbonyl (C=O) groups is 1. The highest BCUT2D eigenvalue weighted by Gasteiger charge is 2.15. The molecule has 0 aliphatic heterocycles. The number of hydrogen-bond donors (Lipinski definition) is 3. The number of benzene rings is 1. The molecule has 2 rings (SSSR count). The topological polar surface area (TPSA) is 108 Å². The lowest BCUT2D eigenvalue weighted by Gasteiger charge is -2.12. The Kier molecular flexibility index (Phi) is 4.39. The van der Waals surface area contributed by atoms with Crippen LogP contribution in [0.3, 0.4) is 0 Å². The number of carboxylic acid groups (broad SMARTS) is 1. The summed E-state index contributed by atoms with van der Waals surface area (Å²) in [6.45, 7) is 0.0947. The zero-order valence-corrected chi connectivity index (χ0v) is 12.1. The van der Waals surface area contributed by atoms with Gasteiger partial charge in [-0.15, -0.1) is 0 Å². The molecule has 0 amide bonds. The summed E-state index contributed by atoms with van der Waals surface area (Å²) < 4.78 is 25.0.